The maximum absolute atomic E-state index is 12.3. The van der Waals surface area contributed by atoms with Crippen LogP contribution in [0.4, 0.5) is 0 Å². The molecule has 0 fully saturated rings. The normalized spacial score (nSPS) is 11.3. The molecule has 2 nitrogen and oxygen atoms in total. The van der Waals surface area contributed by atoms with Gasteiger partial charge in [-0.3, -0.25) is 4.79 Å². The Balaban J connectivity index is 2.16. The van der Waals surface area contributed by atoms with Crippen molar-refractivity contribution in [2.75, 3.05) is 13.4 Å². The summed E-state index contributed by atoms with van der Waals surface area (Å²) in [6, 6.07) is 15.3. The van der Waals surface area contributed by atoms with Crippen molar-refractivity contribution in [3.63, 3.8) is 0 Å². The smallest absolute Gasteiger partial charge is 0.187 e. The summed E-state index contributed by atoms with van der Waals surface area (Å²) in [5, 5.41) is 0. The molecule has 0 heterocycles. The fraction of sp³-hybridized carbons (Fsp3) is 0.167. The molecule has 0 bridgehead atoms. The van der Waals surface area contributed by atoms with E-state index in [0.717, 1.165) is 9.99 Å². The Labute approximate surface area is 140 Å². The van der Waals surface area contributed by atoms with Crippen LogP contribution < -0.4 is 4.74 Å². The summed E-state index contributed by atoms with van der Waals surface area (Å²) < 4.78 is 6.09. The maximum atomic E-state index is 12.3. The Kier molecular flexibility index (Phi) is 6.16. The van der Waals surface area contributed by atoms with Crippen molar-refractivity contribution < 1.29 is 9.53 Å². The fourth-order valence-corrected chi connectivity index (χ4v) is 3.44. The number of thioether (sulfide) groups is 2. The van der Waals surface area contributed by atoms with Gasteiger partial charge >= 0.3 is 0 Å². The Morgan fingerprint density at radius 3 is 2.36 bits per heavy atom. The third kappa shape index (κ3) is 4.42. The highest BCUT2D eigenvalue weighted by Crippen LogP contribution is 2.35. The number of ether oxygens (including phenoxy) is 1. The number of allylic oxidation sites excluding steroid dienone is 1. The molecule has 0 unspecified atom stereocenters. The minimum atomic E-state index is 0.00749. The molecule has 0 saturated heterocycles. The van der Waals surface area contributed by atoms with E-state index in [1.165, 1.54) is 10.5 Å². The van der Waals surface area contributed by atoms with Crippen molar-refractivity contribution in [1.29, 1.82) is 0 Å². The van der Waals surface area contributed by atoms with Crippen LogP contribution in [0.2, 0.25) is 0 Å². The van der Waals surface area contributed by atoms with Gasteiger partial charge in [0, 0.05) is 20.8 Å². The molecule has 2 aromatic carbocycles. The van der Waals surface area contributed by atoms with Gasteiger partial charge in [-0.15, -0.1) is 11.8 Å². The lowest BCUT2D eigenvalue weighted by molar-refractivity contribution is 0.104. The first kappa shape index (κ1) is 16.7. The van der Waals surface area contributed by atoms with E-state index in [1.807, 2.05) is 18.4 Å². The number of carbonyl (C=O) groups excluding carboxylic acids is 1. The standard InChI is InChI=1S/C18H18O2S2/c1-13-6-4-5-7-17(13)22-18(21-3)12-16(19)14-8-10-15(20-2)11-9-14/h4-12H,1-3H3/b18-12+. The van der Waals surface area contributed by atoms with Crippen LogP contribution in [-0.2, 0) is 0 Å². The second-order valence-electron chi connectivity index (χ2n) is 4.63. The van der Waals surface area contributed by atoms with Crippen molar-refractivity contribution in [3.05, 3.63) is 70.0 Å². The minimum Gasteiger partial charge on any atom is -0.497 e. The zero-order valence-corrected chi connectivity index (χ0v) is 14.5. The van der Waals surface area contributed by atoms with Gasteiger partial charge in [0.15, 0.2) is 5.78 Å². The Morgan fingerprint density at radius 1 is 1.09 bits per heavy atom. The number of hydrogen-bond acceptors (Lipinski definition) is 4. The van der Waals surface area contributed by atoms with E-state index in [-0.39, 0.29) is 5.78 Å². The zero-order chi connectivity index (χ0) is 15.9. The van der Waals surface area contributed by atoms with E-state index in [0.29, 0.717) is 5.56 Å². The summed E-state index contributed by atoms with van der Waals surface area (Å²) in [5.74, 6) is 0.757. The molecule has 0 aliphatic heterocycles. The Hall–Kier alpha value is -1.65. The van der Waals surface area contributed by atoms with Crippen LogP contribution in [0.5, 0.6) is 5.75 Å². The number of methoxy groups -OCH3 is 1. The van der Waals surface area contributed by atoms with E-state index in [1.54, 1.807) is 61.0 Å². The van der Waals surface area contributed by atoms with Crippen LogP contribution in [0.15, 0.2) is 63.7 Å². The van der Waals surface area contributed by atoms with Gasteiger partial charge in [-0.25, -0.2) is 0 Å². The highest BCUT2D eigenvalue weighted by atomic mass is 32.2. The van der Waals surface area contributed by atoms with Gasteiger partial charge in [0.05, 0.1) is 7.11 Å². The Morgan fingerprint density at radius 2 is 1.77 bits per heavy atom. The van der Waals surface area contributed by atoms with Crippen LogP contribution >= 0.6 is 23.5 Å². The van der Waals surface area contributed by atoms with Gasteiger partial charge < -0.3 is 4.74 Å². The number of rotatable bonds is 6. The second kappa shape index (κ2) is 8.11. The first-order valence-electron chi connectivity index (χ1n) is 6.81. The largest absolute Gasteiger partial charge is 0.497 e. The molecule has 0 radical (unpaired) electrons. The van der Waals surface area contributed by atoms with Crippen molar-refractivity contribution in [2.24, 2.45) is 0 Å². The number of carbonyl (C=O) groups is 1. The van der Waals surface area contributed by atoms with Crippen molar-refractivity contribution in [3.8, 4) is 5.75 Å². The molecule has 0 aromatic heterocycles. The summed E-state index contributed by atoms with van der Waals surface area (Å²) in [7, 11) is 1.61. The second-order valence-corrected chi connectivity index (χ2v) is 6.82. The minimum absolute atomic E-state index is 0.00749. The lowest BCUT2D eigenvalue weighted by Gasteiger charge is -2.07. The molecular weight excluding hydrogens is 312 g/mol. The molecule has 0 atom stereocenters. The summed E-state index contributed by atoms with van der Waals surface area (Å²) in [6.07, 6.45) is 3.68. The average Bonchev–Trinajstić information content (AvgIpc) is 2.56. The van der Waals surface area contributed by atoms with E-state index < -0.39 is 0 Å². The molecule has 0 aliphatic carbocycles. The van der Waals surface area contributed by atoms with Crippen molar-refractivity contribution in [2.45, 2.75) is 11.8 Å². The zero-order valence-electron chi connectivity index (χ0n) is 12.8. The molecular formula is C18H18O2S2. The summed E-state index contributed by atoms with van der Waals surface area (Å²) in [5.41, 5.74) is 1.88. The van der Waals surface area contributed by atoms with Crippen LogP contribution in [0.25, 0.3) is 0 Å². The molecule has 0 spiro atoms. The maximum Gasteiger partial charge on any atom is 0.187 e. The van der Waals surface area contributed by atoms with Gasteiger partial charge in [-0.05, 0) is 49.1 Å². The van der Waals surface area contributed by atoms with E-state index in [9.17, 15) is 4.79 Å². The number of hydrogen-bond donors (Lipinski definition) is 0. The highest BCUT2D eigenvalue weighted by Gasteiger charge is 2.08. The summed E-state index contributed by atoms with van der Waals surface area (Å²) in [6.45, 7) is 2.07. The average molecular weight is 330 g/mol. The topological polar surface area (TPSA) is 26.3 Å². The molecule has 4 heteroatoms. The number of aryl methyl sites for hydroxylation is 1. The molecule has 22 heavy (non-hydrogen) atoms. The molecule has 114 valence electrons. The third-order valence-corrected chi connectivity index (χ3v) is 5.40. The van der Waals surface area contributed by atoms with Crippen molar-refractivity contribution >= 4 is 29.3 Å². The molecule has 2 aromatic rings. The van der Waals surface area contributed by atoms with Crippen LogP contribution in [-0.4, -0.2) is 19.1 Å². The lowest BCUT2D eigenvalue weighted by Crippen LogP contribution is -1.95. The van der Waals surface area contributed by atoms with E-state index in [4.69, 9.17) is 4.74 Å². The van der Waals surface area contributed by atoms with E-state index >= 15 is 0 Å². The predicted molar refractivity (Wildman–Crippen MR) is 96.0 cm³/mol. The van der Waals surface area contributed by atoms with Gasteiger partial charge in [-0.2, -0.15) is 0 Å². The van der Waals surface area contributed by atoms with Crippen LogP contribution in [0, 0.1) is 6.92 Å². The lowest BCUT2D eigenvalue weighted by atomic mass is 10.1. The monoisotopic (exact) mass is 330 g/mol. The van der Waals surface area contributed by atoms with Gasteiger partial charge in [-0.1, -0.05) is 30.0 Å². The number of benzene rings is 2. The van der Waals surface area contributed by atoms with Gasteiger partial charge in [0.2, 0.25) is 0 Å². The summed E-state index contributed by atoms with van der Waals surface area (Å²) in [4.78, 5) is 13.5. The van der Waals surface area contributed by atoms with Crippen LogP contribution in [0.1, 0.15) is 15.9 Å². The first-order valence-corrected chi connectivity index (χ1v) is 8.85. The van der Waals surface area contributed by atoms with Crippen molar-refractivity contribution in [1.82, 2.24) is 0 Å². The van der Waals surface area contributed by atoms with Gasteiger partial charge in [0.1, 0.15) is 5.75 Å². The fourth-order valence-electron chi connectivity index (χ4n) is 1.86. The van der Waals surface area contributed by atoms with Crippen LogP contribution in [0.3, 0.4) is 0 Å². The molecule has 0 saturated carbocycles. The quantitative estimate of drug-likeness (QED) is 0.414. The molecule has 0 N–H and O–H groups in total. The number of ketones is 1. The van der Waals surface area contributed by atoms with Gasteiger partial charge in [0.25, 0.3) is 0 Å². The highest BCUT2D eigenvalue weighted by molar-refractivity contribution is 8.22. The molecule has 0 amide bonds. The molecule has 2 rings (SSSR count). The first-order chi connectivity index (χ1) is 10.6. The SMILES string of the molecule is COc1ccc(C(=O)/C=C(\SC)Sc2ccccc2C)cc1. The predicted octanol–water partition coefficient (Wildman–Crippen LogP) is 5.18. The van der Waals surface area contributed by atoms with E-state index in [2.05, 4.69) is 19.1 Å². The summed E-state index contributed by atoms with van der Waals surface area (Å²) >= 11 is 3.21. The molecule has 0 aliphatic rings. The third-order valence-electron chi connectivity index (χ3n) is 3.13. The Bertz CT molecular complexity index is 676.